The number of rotatable bonds is 12. The van der Waals surface area contributed by atoms with E-state index < -0.39 is 28.5 Å². The molecular formula is C26H34ClN3O6S. The van der Waals surface area contributed by atoms with E-state index in [4.69, 9.17) is 21.1 Å². The van der Waals surface area contributed by atoms with Gasteiger partial charge in [0.2, 0.25) is 28.6 Å². The first-order valence-corrected chi connectivity index (χ1v) is 14.3. The highest BCUT2D eigenvalue weighted by Crippen LogP contribution is 2.36. The Balaban J connectivity index is 1.96. The van der Waals surface area contributed by atoms with E-state index in [9.17, 15) is 18.0 Å². The summed E-state index contributed by atoms with van der Waals surface area (Å²) in [6, 6.07) is 10.8. The molecule has 0 saturated heterocycles. The normalized spacial score (nSPS) is 14.1. The van der Waals surface area contributed by atoms with Crippen molar-refractivity contribution in [2.75, 3.05) is 23.4 Å². The number of fused-ring (bicyclic) bond motifs is 1. The van der Waals surface area contributed by atoms with Crippen LogP contribution in [0.3, 0.4) is 0 Å². The molecule has 2 amide bonds. The van der Waals surface area contributed by atoms with Crippen LogP contribution in [0, 0.1) is 0 Å². The molecule has 0 aromatic heterocycles. The van der Waals surface area contributed by atoms with Crippen LogP contribution in [-0.2, 0) is 26.2 Å². The molecule has 1 aliphatic rings. The number of sulfonamides is 1. The molecular weight excluding hydrogens is 518 g/mol. The predicted octanol–water partition coefficient (Wildman–Crippen LogP) is 3.95. The van der Waals surface area contributed by atoms with Crippen LogP contribution in [0.2, 0.25) is 5.02 Å². The number of anilines is 1. The number of amides is 2. The van der Waals surface area contributed by atoms with Gasteiger partial charge in [0.05, 0.1) is 11.4 Å². The molecule has 0 spiro atoms. The Labute approximate surface area is 223 Å². The fourth-order valence-electron chi connectivity index (χ4n) is 3.91. The maximum atomic E-state index is 13.8. The molecule has 1 heterocycles. The summed E-state index contributed by atoms with van der Waals surface area (Å²) >= 11 is 6.03. The highest BCUT2D eigenvalue weighted by Gasteiger charge is 2.33. The molecule has 2 aromatic carbocycles. The predicted molar refractivity (Wildman–Crippen MR) is 143 cm³/mol. The van der Waals surface area contributed by atoms with Crippen molar-refractivity contribution in [3.05, 3.63) is 53.1 Å². The van der Waals surface area contributed by atoms with Crippen molar-refractivity contribution in [3.63, 3.8) is 0 Å². The molecule has 1 N–H and O–H groups in total. The lowest BCUT2D eigenvalue weighted by Crippen LogP contribution is -2.53. The minimum Gasteiger partial charge on any atom is -0.454 e. The lowest BCUT2D eigenvalue weighted by Gasteiger charge is -2.33. The van der Waals surface area contributed by atoms with Crippen LogP contribution in [0.5, 0.6) is 11.5 Å². The first-order valence-electron chi connectivity index (χ1n) is 12.3. The Morgan fingerprint density at radius 1 is 1.03 bits per heavy atom. The van der Waals surface area contributed by atoms with E-state index in [1.165, 1.54) is 11.8 Å². The summed E-state index contributed by atoms with van der Waals surface area (Å²) in [5, 5.41) is 3.50. The van der Waals surface area contributed by atoms with Crippen LogP contribution in [0.15, 0.2) is 42.5 Å². The summed E-state index contributed by atoms with van der Waals surface area (Å²) in [6.45, 7) is 6.87. The quantitative estimate of drug-likeness (QED) is 0.428. The van der Waals surface area contributed by atoms with Crippen molar-refractivity contribution in [2.24, 2.45) is 0 Å². The van der Waals surface area contributed by atoms with Gasteiger partial charge in [-0.2, -0.15) is 0 Å². The summed E-state index contributed by atoms with van der Waals surface area (Å²) in [4.78, 5) is 28.4. The fraction of sp³-hybridized carbons (Fsp3) is 0.462. The van der Waals surface area contributed by atoms with Gasteiger partial charge in [-0.25, -0.2) is 8.42 Å². The molecule has 37 heavy (non-hydrogen) atoms. The second kappa shape index (κ2) is 12.5. The standard InChI is InChI=1S/C26H34ClN3O6S/c1-5-18(4)28-26(32)22(6-2)29(15-19-8-10-20(27)11-9-19)25(31)16-30(37(33,34)7-3)21-12-13-23-24(14-21)36-17-35-23/h8-14,18,22H,5-7,15-17H2,1-4H3,(H,28,32)/t18-,22-/m0/s1. The van der Waals surface area contributed by atoms with E-state index in [1.807, 2.05) is 20.8 Å². The summed E-state index contributed by atoms with van der Waals surface area (Å²) in [7, 11) is -3.84. The number of nitrogens with one attached hydrogen (secondary N) is 1. The van der Waals surface area contributed by atoms with E-state index in [-0.39, 0.29) is 36.7 Å². The average molecular weight is 552 g/mol. The van der Waals surface area contributed by atoms with Gasteiger partial charge in [-0.15, -0.1) is 0 Å². The van der Waals surface area contributed by atoms with Crippen molar-refractivity contribution in [2.45, 2.75) is 59.2 Å². The van der Waals surface area contributed by atoms with E-state index in [1.54, 1.807) is 42.5 Å². The average Bonchev–Trinajstić information content (AvgIpc) is 3.36. The lowest BCUT2D eigenvalue weighted by atomic mass is 10.1. The van der Waals surface area contributed by atoms with Gasteiger partial charge in [0.1, 0.15) is 12.6 Å². The monoisotopic (exact) mass is 551 g/mol. The van der Waals surface area contributed by atoms with Gasteiger partial charge in [-0.05, 0) is 56.5 Å². The summed E-state index contributed by atoms with van der Waals surface area (Å²) in [5.74, 6) is -0.0972. The van der Waals surface area contributed by atoms with Crippen molar-refractivity contribution in [1.29, 1.82) is 0 Å². The number of benzene rings is 2. The lowest BCUT2D eigenvalue weighted by molar-refractivity contribution is -0.140. The highest BCUT2D eigenvalue weighted by molar-refractivity contribution is 7.92. The van der Waals surface area contributed by atoms with Crippen LogP contribution < -0.4 is 19.1 Å². The molecule has 0 saturated carbocycles. The SMILES string of the molecule is CC[C@H](C)NC(=O)[C@H](CC)N(Cc1ccc(Cl)cc1)C(=O)CN(c1ccc2c(c1)OCO2)S(=O)(=O)CC. The number of nitrogens with zero attached hydrogens (tertiary/aromatic N) is 2. The minimum absolute atomic E-state index is 0.0383. The van der Waals surface area contributed by atoms with E-state index in [2.05, 4.69) is 5.32 Å². The molecule has 2 aromatic rings. The maximum Gasteiger partial charge on any atom is 0.244 e. The number of halogens is 1. The van der Waals surface area contributed by atoms with Crippen LogP contribution in [0.4, 0.5) is 5.69 Å². The molecule has 0 fully saturated rings. The molecule has 202 valence electrons. The van der Waals surface area contributed by atoms with Gasteiger partial charge in [0.15, 0.2) is 11.5 Å². The van der Waals surface area contributed by atoms with Gasteiger partial charge in [0, 0.05) is 23.7 Å². The summed E-state index contributed by atoms with van der Waals surface area (Å²) in [6.07, 6.45) is 1.09. The molecule has 0 aliphatic carbocycles. The maximum absolute atomic E-state index is 13.8. The number of hydrogen-bond acceptors (Lipinski definition) is 6. The topological polar surface area (TPSA) is 105 Å². The number of hydrogen-bond donors (Lipinski definition) is 1. The van der Waals surface area contributed by atoms with Gasteiger partial charge >= 0.3 is 0 Å². The molecule has 2 atom stereocenters. The number of ether oxygens (including phenoxy) is 2. The first kappa shape index (κ1) is 28.6. The Morgan fingerprint density at radius 2 is 1.70 bits per heavy atom. The second-order valence-electron chi connectivity index (χ2n) is 8.83. The Kier molecular flexibility index (Phi) is 9.67. The molecule has 0 bridgehead atoms. The zero-order chi connectivity index (χ0) is 27.2. The smallest absolute Gasteiger partial charge is 0.244 e. The molecule has 11 heteroatoms. The van der Waals surface area contributed by atoms with E-state index in [0.717, 1.165) is 16.3 Å². The molecule has 0 unspecified atom stereocenters. The zero-order valence-corrected chi connectivity index (χ0v) is 23.1. The van der Waals surface area contributed by atoms with Crippen molar-refractivity contribution < 1.29 is 27.5 Å². The van der Waals surface area contributed by atoms with Crippen LogP contribution in [0.1, 0.15) is 46.1 Å². The van der Waals surface area contributed by atoms with Crippen molar-refractivity contribution in [3.8, 4) is 11.5 Å². The van der Waals surface area contributed by atoms with E-state index >= 15 is 0 Å². The third kappa shape index (κ3) is 7.07. The van der Waals surface area contributed by atoms with Gasteiger partial charge in [-0.3, -0.25) is 13.9 Å². The minimum atomic E-state index is -3.84. The Hall–Kier alpha value is -2.98. The zero-order valence-electron chi connectivity index (χ0n) is 21.6. The van der Waals surface area contributed by atoms with E-state index in [0.29, 0.717) is 22.9 Å². The number of carbonyl (C=O) groups excluding carboxylic acids is 2. The first-order chi connectivity index (χ1) is 17.6. The molecule has 0 radical (unpaired) electrons. The Bertz CT molecular complexity index is 1210. The summed E-state index contributed by atoms with van der Waals surface area (Å²) < 4.78 is 38.0. The fourth-order valence-corrected chi connectivity index (χ4v) is 5.09. The van der Waals surface area contributed by atoms with Gasteiger partial charge in [0.25, 0.3) is 0 Å². The largest absolute Gasteiger partial charge is 0.454 e. The second-order valence-corrected chi connectivity index (χ2v) is 11.5. The van der Waals surface area contributed by atoms with Gasteiger partial charge in [-0.1, -0.05) is 37.6 Å². The third-order valence-corrected chi connectivity index (χ3v) is 8.27. The molecule has 9 nitrogen and oxygen atoms in total. The number of carbonyl (C=O) groups is 2. The summed E-state index contributed by atoms with van der Waals surface area (Å²) in [5.41, 5.74) is 1.04. The third-order valence-electron chi connectivity index (χ3n) is 6.28. The molecule has 3 rings (SSSR count). The van der Waals surface area contributed by atoms with Crippen LogP contribution >= 0.6 is 11.6 Å². The van der Waals surface area contributed by atoms with Crippen LogP contribution in [-0.4, -0.2) is 56.3 Å². The Morgan fingerprint density at radius 3 is 2.32 bits per heavy atom. The van der Waals surface area contributed by atoms with Gasteiger partial charge < -0.3 is 19.7 Å². The van der Waals surface area contributed by atoms with Crippen LogP contribution in [0.25, 0.3) is 0 Å². The molecule has 1 aliphatic heterocycles. The van der Waals surface area contributed by atoms with Crippen molar-refractivity contribution >= 4 is 39.1 Å². The van der Waals surface area contributed by atoms with Crippen molar-refractivity contribution in [1.82, 2.24) is 10.2 Å². The highest BCUT2D eigenvalue weighted by atomic mass is 35.5.